The van der Waals surface area contributed by atoms with Crippen molar-refractivity contribution in [2.24, 2.45) is 0 Å². The average Bonchev–Trinajstić information content (AvgIpc) is 2.39. The summed E-state index contributed by atoms with van der Waals surface area (Å²) in [6, 6.07) is 16.4. The third kappa shape index (κ3) is 2.37. The highest BCUT2D eigenvalue weighted by Crippen LogP contribution is 2.23. The smallest absolute Gasteiger partial charge is 0.0991 e. The molecule has 84 valence electrons. The molecule has 0 heterocycles. The molecule has 0 atom stereocenters. The summed E-state index contributed by atoms with van der Waals surface area (Å²) < 4.78 is 0. The van der Waals surface area contributed by atoms with Crippen LogP contribution in [-0.2, 0) is 6.42 Å². The van der Waals surface area contributed by atoms with E-state index < -0.39 is 0 Å². The lowest BCUT2D eigenvalue weighted by Gasteiger charge is -2.07. The van der Waals surface area contributed by atoms with E-state index in [0.29, 0.717) is 5.56 Å². The molecule has 0 radical (unpaired) electrons. The minimum absolute atomic E-state index is 0.705. The minimum Gasteiger partial charge on any atom is -0.192 e. The third-order valence-electron chi connectivity index (χ3n) is 3.08. The molecule has 0 aliphatic carbocycles. The van der Waals surface area contributed by atoms with E-state index in [0.717, 1.165) is 6.42 Å². The normalized spacial score (nSPS) is 9.94. The van der Waals surface area contributed by atoms with Crippen LogP contribution in [0.15, 0.2) is 42.5 Å². The summed E-state index contributed by atoms with van der Waals surface area (Å²) in [7, 11) is 0. The van der Waals surface area contributed by atoms with E-state index in [4.69, 9.17) is 5.26 Å². The second kappa shape index (κ2) is 4.84. The van der Waals surface area contributed by atoms with Crippen molar-refractivity contribution in [3.8, 4) is 17.2 Å². The molecular formula is C16H15N. The van der Waals surface area contributed by atoms with Gasteiger partial charge in [-0.2, -0.15) is 5.26 Å². The van der Waals surface area contributed by atoms with E-state index in [1.807, 2.05) is 24.3 Å². The zero-order chi connectivity index (χ0) is 12.3. The molecular weight excluding hydrogens is 206 g/mol. The first-order valence-corrected chi connectivity index (χ1v) is 5.84. The lowest BCUT2D eigenvalue weighted by Crippen LogP contribution is -1.88. The van der Waals surface area contributed by atoms with Crippen LogP contribution < -0.4 is 0 Å². The van der Waals surface area contributed by atoms with Gasteiger partial charge in [0.05, 0.1) is 11.6 Å². The monoisotopic (exact) mass is 221 g/mol. The maximum Gasteiger partial charge on any atom is 0.0991 e. The van der Waals surface area contributed by atoms with Gasteiger partial charge in [-0.25, -0.2) is 0 Å². The fourth-order valence-corrected chi connectivity index (χ4v) is 1.97. The first-order chi connectivity index (χ1) is 8.24. The Morgan fingerprint density at radius 1 is 1.00 bits per heavy atom. The van der Waals surface area contributed by atoms with Gasteiger partial charge in [0.2, 0.25) is 0 Å². The topological polar surface area (TPSA) is 23.8 Å². The molecule has 0 aromatic heterocycles. The van der Waals surface area contributed by atoms with Crippen molar-refractivity contribution in [2.45, 2.75) is 20.3 Å². The molecule has 0 saturated heterocycles. The molecule has 1 nitrogen and oxygen atoms in total. The van der Waals surface area contributed by atoms with Gasteiger partial charge in [-0.3, -0.25) is 0 Å². The average molecular weight is 221 g/mol. The van der Waals surface area contributed by atoms with E-state index in [1.165, 1.54) is 22.3 Å². The van der Waals surface area contributed by atoms with Gasteiger partial charge >= 0.3 is 0 Å². The van der Waals surface area contributed by atoms with Crippen LogP contribution in [0.2, 0.25) is 0 Å². The Kier molecular flexibility index (Phi) is 3.25. The summed E-state index contributed by atoms with van der Waals surface area (Å²) in [6.45, 7) is 4.31. The summed E-state index contributed by atoms with van der Waals surface area (Å²) in [5, 5.41) is 8.77. The molecule has 2 rings (SSSR count). The van der Waals surface area contributed by atoms with Gasteiger partial charge in [-0.15, -0.1) is 0 Å². The highest BCUT2D eigenvalue weighted by atomic mass is 14.2. The highest BCUT2D eigenvalue weighted by Gasteiger charge is 2.01. The van der Waals surface area contributed by atoms with Crippen LogP contribution in [0.25, 0.3) is 11.1 Å². The van der Waals surface area contributed by atoms with E-state index in [2.05, 4.69) is 38.1 Å². The number of nitriles is 1. The SMILES string of the molecule is CCc1cc(-c2ccc(C#N)cc2)ccc1C. The molecule has 0 aliphatic rings. The van der Waals surface area contributed by atoms with Gasteiger partial charge in [-0.1, -0.05) is 37.3 Å². The van der Waals surface area contributed by atoms with E-state index in [9.17, 15) is 0 Å². The van der Waals surface area contributed by atoms with Gasteiger partial charge in [0.1, 0.15) is 0 Å². The van der Waals surface area contributed by atoms with E-state index in [-0.39, 0.29) is 0 Å². The molecule has 0 unspecified atom stereocenters. The Morgan fingerprint density at radius 2 is 1.65 bits per heavy atom. The van der Waals surface area contributed by atoms with Crippen LogP contribution >= 0.6 is 0 Å². The third-order valence-corrected chi connectivity index (χ3v) is 3.08. The number of aryl methyl sites for hydroxylation is 2. The van der Waals surface area contributed by atoms with Crippen LogP contribution in [0.5, 0.6) is 0 Å². The van der Waals surface area contributed by atoms with Gasteiger partial charge in [0, 0.05) is 0 Å². The molecule has 2 aromatic rings. The number of benzene rings is 2. The van der Waals surface area contributed by atoms with Crippen LogP contribution in [0.3, 0.4) is 0 Å². The minimum atomic E-state index is 0.705. The van der Waals surface area contributed by atoms with Crippen molar-refractivity contribution < 1.29 is 0 Å². The predicted octanol–water partition coefficient (Wildman–Crippen LogP) is 4.10. The van der Waals surface area contributed by atoms with Crippen LogP contribution in [0.4, 0.5) is 0 Å². The maximum atomic E-state index is 8.77. The second-order valence-electron chi connectivity index (χ2n) is 4.18. The summed E-state index contributed by atoms with van der Waals surface area (Å²) in [4.78, 5) is 0. The Bertz CT molecular complexity index is 559. The van der Waals surface area contributed by atoms with Crippen LogP contribution in [0.1, 0.15) is 23.6 Å². The van der Waals surface area contributed by atoms with Crippen molar-refractivity contribution in [2.75, 3.05) is 0 Å². The Labute approximate surface area is 102 Å². The fraction of sp³-hybridized carbons (Fsp3) is 0.188. The van der Waals surface area contributed by atoms with Crippen molar-refractivity contribution >= 4 is 0 Å². The molecule has 0 bridgehead atoms. The van der Waals surface area contributed by atoms with Gasteiger partial charge in [-0.05, 0) is 47.7 Å². The molecule has 0 amide bonds. The Hall–Kier alpha value is -2.07. The molecule has 17 heavy (non-hydrogen) atoms. The van der Waals surface area contributed by atoms with Crippen LogP contribution in [0, 0.1) is 18.3 Å². The number of hydrogen-bond donors (Lipinski definition) is 0. The predicted molar refractivity (Wildman–Crippen MR) is 70.7 cm³/mol. The zero-order valence-corrected chi connectivity index (χ0v) is 10.2. The van der Waals surface area contributed by atoms with Gasteiger partial charge < -0.3 is 0 Å². The zero-order valence-electron chi connectivity index (χ0n) is 10.2. The van der Waals surface area contributed by atoms with Gasteiger partial charge in [0.15, 0.2) is 0 Å². The quantitative estimate of drug-likeness (QED) is 0.749. The first-order valence-electron chi connectivity index (χ1n) is 5.84. The van der Waals surface area contributed by atoms with Crippen molar-refractivity contribution in [3.63, 3.8) is 0 Å². The molecule has 2 aromatic carbocycles. The lowest BCUT2D eigenvalue weighted by molar-refractivity contribution is 1.11. The Morgan fingerprint density at radius 3 is 2.24 bits per heavy atom. The van der Waals surface area contributed by atoms with E-state index in [1.54, 1.807) is 0 Å². The summed E-state index contributed by atoms with van der Waals surface area (Å²) in [5.41, 5.74) is 5.81. The van der Waals surface area contributed by atoms with Crippen molar-refractivity contribution in [1.82, 2.24) is 0 Å². The number of hydrogen-bond acceptors (Lipinski definition) is 1. The molecule has 1 heteroatoms. The highest BCUT2D eigenvalue weighted by molar-refractivity contribution is 5.65. The molecule has 0 N–H and O–H groups in total. The van der Waals surface area contributed by atoms with Crippen molar-refractivity contribution in [3.05, 3.63) is 59.2 Å². The number of rotatable bonds is 2. The molecule has 0 spiro atoms. The van der Waals surface area contributed by atoms with Gasteiger partial charge in [0.25, 0.3) is 0 Å². The standard InChI is InChI=1S/C16H15N/c1-3-14-10-16(7-4-12(14)2)15-8-5-13(11-17)6-9-15/h4-10H,3H2,1-2H3. The lowest BCUT2D eigenvalue weighted by atomic mass is 9.98. The second-order valence-corrected chi connectivity index (χ2v) is 4.18. The summed E-state index contributed by atoms with van der Waals surface area (Å²) >= 11 is 0. The summed E-state index contributed by atoms with van der Waals surface area (Å²) in [5.74, 6) is 0. The first kappa shape index (κ1) is 11.4. The maximum absolute atomic E-state index is 8.77. The van der Waals surface area contributed by atoms with E-state index >= 15 is 0 Å². The van der Waals surface area contributed by atoms with Crippen molar-refractivity contribution in [1.29, 1.82) is 5.26 Å². The number of nitrogens with zero attached hydrogens (tertiary/aromatic N) is 1. The molecule has 0 saturated carbocycles. The fourth-order valence-electron chi connectivity index (χ4n) is 1.97. The summed E-state index contributed by atoms with van der Waals surface area (Å²) in [6.07, 6.45) is 1.05. The largest absolute Gasteiger partial charge is 0.192 e. The molecule has 0 aliphatic heterocycles. The molecule has 0 fully saturated rings. The Balaban J connectivity index is 2.42. The van der Waals surface area contributed by atoms with Crippen LogP contribution in [-0.4, -0.2) is 0 Å².